The maximum absolute atomic E-state index is 13.3. The molecule has 0 aliphatic carbocycles. The van der Waals surface area contributed by atoms with Crippen LogP contribution in [0.4, 0.5) is 27.4 Å². The molecule has 0 atom stereocenters. The first kappa shape index (κ1) is 19.8. The van der Waals surface area contributed by atoms with Crippen LogP contribution < -0.4 is 16.1 Å². The molecule has 0 aliphatic heterocycles. The summed E-state index contributed by atoms with van der Waals surface area (Å²) in [5.41, 5.74) is 4.52. The van der Waals surface area contributed by atoms with E-state index in [1.807, 2.05) is 0 Å². The van der Waals surface area contributed by atoms with Crippen LogP contribution in [0.3, 0.4) is 0 Å². The van der Waals surface area contributed by atoms with Gasteiger partial charge >= 0.3 is 0 Å². The molecule has 0 saturated carbocycles. The van der Waals surface area contributed by atoms with E-state index in [0.717, 1.165) is 11.3 Å². The molecule has 0 fully saturated rings. The average Bonchev–Trinajstić information content (AvgIpc) is 2.73. The number of aromatic nitrogens is 2. The summed E-state index contributed by atoms with van der Waals surface area (Å²) in [5.74, 6) is 2.13. The molecule has 3 aromatic rings. The van der Waals surface area contributed by atoms with Crippen molar-refractivity contribution in [2.45, 2.75) is 6.92 Å². The maximum Gasteiger partial charge on any atom is 0.278 e. The van der Waals surface area contributed by atoms with Gasteiger partial charge in [-0.1, -0.05) is 12.0 Å². The zero-order valence-electron chi connectivity index (χ0n) is 15.6. The highest BCUT2D eigenvalue weighted by atomic mass is 19.1. The van der Waals surface area contributed by atoms with Gasteiger partial charge in [0.15, 0.2) is 0 Å². The van der Waals surface area contributed by atoms with Crippen molar-refractivity contribution < 1.29 is 14.0 Å². The molecule has 0 radical (unpaired) electrons. The molecule has 1 aromatic carbocycles. The second-order valence-electron chi connectivity index (χ2n) is 5.80. The number of amides is 1. The number of rotatable bonds is 7. The number of pyridine rings is 2. The molecule has 7 nitrogen and oxygen atoms in total. The molecule has 2 aromatic heterocycles. The average molecular weight is 391 g/mol. The van der Waals surface area contributed by atoms with E-state index >= 15 is 0 Å². The van der Waals surface area contributed by atoms with Crippen LogP contribution in [0.25, 0.3) is 0 Å². The minimum atomic E-state index is -0.616. The number of nitrogens with zero attached hydrogens (tertiary/aromatic N) is 2. The molecule has 29 heavy (non-hydrogen) atoms. The van der Waals surface area contributed by atoms with E-state index in [1.54, 1.807) is 43.3 Å². The lowest BCUT2D eigenvalue weighted by Gasteiger charge is -2.14. The molecule has 146 valence electrons. The van der Waals surface area contributed by atoms with E-state index in [2.05, 4.69) is 32.0 Å². The molecule has 0 aliphatic rings. The topological polar surface area (TPSA) is 88.2 Å². The number of hydroxylamine groups is 1. The van der Waals surface area contributed by atoms with E-state index in [-0.39, 0.29) is 11.4 Å². The third-order valence-electron chi connectivity index (χ3n) is 3.76. The van der Waals surface area contributed by atoms with Crippen molar-refractivity contribution in [3.8, 4) is 12.3 Å². The highest BCUT2D eigenvalue weighted by Crippen LogP contribution is 2.25. The molecule has 3 rings (SSSR count). The van der Waals surface area contributed by atoms with Crippen LogP contribution in [0.5, 0.6) is 0 Å². The third-order valence-corrected chi connectivity index (χ3v) is 3.76. The Balaban J connectivity index is 1.91. The number of halogens is 1. The van der Waals surface area contributed by atoms with Crippen molar-refractivity contribution in [3.05, 3.63) is 71.8 Å². The van der Waals surface area contributed by atoms with Crippen LogP contribution in [-0.2, 0) is 4.84 Å². The second-order valence-corrected chi connectivity index (χ2v) is 5.80. The highest BCUT2D eigenvalue weighted by Gasteiger charge is 2.14. The smallest absolute Gasteiger partial charge is 0.278 e. The largest absolute Gasteiger partial charge is 0.355 e. The molecule has 0 bridgehead atoms. The van der Waals surface area contributed by atoms with Gasteiger partial charge in [-0.2, -0.15) is 4.39 Å². The minimum Gasteiger partial charge on any atom is -0.355 e. The van der Waals surface area contributed by atoms with Crippen LogP contribution >= 0.6 is 0 Å². The highest BCUT2D eigenvalue weighted by molar-refractivity contribution is 6.00. The van der Waals surface area contributed by atoms with Gasteiger partial charge in [-0.3, -0.25) is 9.63 Å². The van der Waals surface area contributed by atoms with Gasteiger partial charge in [-0.05, 0) is 43.3 Å². The van der Waals surface area contributed by atoms with Crippen molar-refractivity contribution >= 4 is 28.9 Å². The zero-order chi connectivity index (χ0) is 20.6. The zero-order valence-corrected chi connectivity index (χ0v) is 15.6. The van der Waals surface area contributed by atoms with E-state index in [9.17, 15) is 9.18 Å². The number of hydrogen-bond acceptors (Lipinski definition) is 6. The van der Waals surface area contributed by atoms with Crippen LogP contribution in [0.2, 0.25) is 0 Å². The van der Waals surface area contributed by atoms with Gasteiger partial charge in [0.1, 0.15) is 11.6 Å². The van der Waals surface area contributed by atoms with Crippen molar-refractivity contribution in [3.63, 3.8) is 0 Å². The van der Waals surface area contributed by atoms with Gasteiger partial charge in [0, 0.05) is 23.5 Å². The molecule has 0 saturated heterocycles. The Morgan fingerprint density at radius 2 is 1.97 bits per heavy atom. The lowest BCUT2D eigenvalue weighted by atomic mass is 10.2. The number of hydrogen-bond donors (Lipinski definition) is 3. The lowest BCUT2D eigenvalue weighted by Crippen LogP contribution is -2.24. The molecule has 1 amide bonds. The summed E-state index contributed by atoms with van der Waals surface area (Å²) in [7, 11) is 0. The Morgan fingerprint density at radius 3 is 2.66 bits per heavy atom. The number of anilines is 4. The van der Waals surface area contributed by atoms with Gasteiger partial charge in [-0.15, -0.1) is 6.42 Å². The van der Waals surface area contributed by atoms with Crippen molar-refractivity contribution in [2.24, 2.45) is 0 Å². The fourth-order valence-corrected chi connectivity index (χ4v) is 2.42. The third kappa shape index (κ3) is 5.28. The summed E-state index contributed by atoms with van der Waals surface area (Å²) in [6.45, 7) is 2.07. The number of terminal acetylenes is 1. The summed E-state index contributed by atoms with van der Waals surface area (Å²) in [5, 5.41) is 6.07. The lowest BCUT2D eigenvalue weighted by molar-refractivity contribution is 0.0365. The summed E-state index contributed by atoms with van der Waals surface area (Å²) in [6.07, 6.45) is 6.76. The Hall–Kier alpha value is -3.96. The van der Waals surface area contributed by atoms with E-state index in [0.29, 0.717) is 18.1 Å². The fraction of sp³-hybridized carbons (Fsp3) is 0.0952. The Bertz CT molecular complexity index is 1050. The van der Waals surface area contributed by atoms with Crippen LogP contribution in [0.15, 0.2) is 54.7 Å². The van der Waals surface area contributed by atoms with Gasteiger partial charge in [0.05, 0.1) is 17.9 Å². The number of carbonyl (C=O) groups is 1. The van der Waals surface area contributed by atoms with Gasteiger partial charge in [-0.25, -0.2) is 15.4 Å². The normalized spacial score (nSPS) is 10.1. The van der Waals surface area contributed by atoms with Crippen LogP contribution in [0, 0.1) is 18.3 Å². The summed E-state index contributed by atoms with van der Waals surface area (Å²) < 4.78 is 13.3. The standard InChI is InChI=1S/C21H18FN5O2/c1-3-14-8-10-15(11-9-14)24-17-12-20(26-19-7-5-6-18(22)25-19)23-13-16(17)21(28)27-29-4-2/h1,5-13H,4H2,2H3,(H,27,28)(H2,23,24,25,26). The first-order valence-corrected chi connectivity index (χ1v) is 8.74. The van der Waals surface area contributed by atoms with Crippen molar-refractivity contribution in [1.82, 2.24) is 15.4 Å². The number of nitrogens with one attached hydrogen (secondary N) is 3. The van der Waals surface area contributed by atoms with Crippen molar-refractivity contribution in [1.29, 1.82) is 0 Å². The molecular weight excluding hydrogens is 373 g/mol. The summed E-state index contributed by atoms with van der Waals surface area (Å²) in [6, 6.07) is 13.1. The molecular formula is C21H18FN5O2. The van der Waals surface area contributed by atoms with Crippen molar-refractivity contribution in [2.75, 3.05) is 17.2 Å². The Labute approximate surface area is 167 Å². The molecule has 8 heteroatoms. The van der Waals surface area contributed by atoms with E-state index in [1.165, 1.54) is 18.3 Å². The second kappa shape index (κ2) is 9.30. The SMILES string of the molecule is C#Cc1ccc(Nc2cc(Nc3cccc(F)n3)ncc2C(=O)NOCC)cc1. The van der Waals surface area contributed by atoms with Gasteiger partial charge < -0.3 is 10.6 Å². The summed E-state index contributed by atoms with van der Waals surface area (Å²) in [4.78, 5) is 25.3. The van der Waals surface area contributed by atoms with Crippen LogP contribution in [0.1, 0.15) is 22.8 Å². The van der Waals surface area contributed by atoms with Gasteiger partial charge in [0.25, 0.3) is 5.91 Å². The molecule has 0 unspecified atom stereocenters. The molecule has 3 N–H and O–H groups in total. The number of carbonyl (C=O) groups excluding carboxylic acids is 1. The molecule has 0 spiro atoms. The first-order chi connectivity index (χ1) is 14.1. The predicted octanol–water partition coefficient (Wildman–Crippen LogP) is 3.77. The summed E-state index contributed by atoms with van der Waals surface area (Å²) >= 11 is 0. The number of benzene rings is 1. The minimum absolute atomic E-state index is 0.261. The molecule has 2 heterocycles. The Kier molecular flexibility index (Phi) is 6.35. The first-order valence-electron chi connectivity index (χ1n) is 8.74. The van der Waals surface area contributed by atoms with E-state index < -0.39 is 11.9 Å². The van der Waals surface area contributed by atoms with Gasteiger partial charge in [0.2, 0.25) is 5.95 Å². The predicted molar refractivity (Wildman–Crippen MR) is 108 cm³/mol. The maximum atomic E-state index is 13.3. The van der Waals surface area contributed by atoms with Crippen LogP contribution in [-0.4, -0.2) is 22.5 Å². The van der Waals surface area contributed by atoms with E-state index in [4.69, 9.17) is 11.3 Å². The Morgan fingerprint density at radius 1 is 1.17 bits per heavy atom. The fourth-order valence-electron chi connectivity index (χ4n) is 2.42. The monoisotopic (exact) mass is 391 g/mol. The quantitative estimate of drug-likeness (QED) is 0.323.